The van der Waals surface area contributed by atoms with Crippen LogP contribution in [0.25, 0.3) is 0 Å². The Bertz CT molecular complexity index is 450. The first-order valence-corrected chi connectivity index (χ1v) is 18.5. The maximum Gasteiger partial charge on any atom is 1.00 e. The first-order valence-electron chi connectivity index (χ1n) is 17.1. The number of hydrogen-bond acceptors (Lipinski definition) is 10. The zero-order valence-corrected chi connectivity index (χ0v) is 37.7. The molecule has 0 amide bonds. The molecule has 0 saturated carbocycles. The van der Waals surface area contributed by atoms with E-state index in [9.17, 15) is 0 Å². The van der Waals surface area contributed by atoms with Crippen LogP contribution in [-0.2, 0) is 23.5 Å². The molecule has 0 aliphatic carbocycles. The van der Waals surface area contributed by atoms with Gasteiger partial charge in [-0.25, -0.2) is 0 Å². The molecule has 14 heteroatoms. The molecule has 0 fully saturated rings. The summed E-state index contributed by atoms with van der Waals surface area (Å²) in [7, 11) is -5.39. The SMILES string of the molecule is CCCCCCCCCCCCOCCOCCO.CCCCCCCCCCCCOCCOCCO.O=P([O-])([O-])[O-].[Na+].[Na+].[Na+]. The topological polar surface area (TPSA) is 164 Å². The second kappa shape index (κ2) is 57.2. The molecule has 0 aliphatic heterocycles. The summed E-state index contributed by atoms with van der Waals surface area (Å²) < 4.78 is 29.7. The molecule has 0 bridgehead atoms. The molecule has 0 aromatic rings. The smallest absolute Gasteiger partial charge is 0.822 e. The van der Waals surface area contributed by atoms with Crippen LogP contribution < -0.4 is 103 Å². The predicted molar refractivity (Wildman–Crippen MR) is 169 cm³/mol. The fourth-order valence-electron chi connectivity index (χ4n) is 4.16. The summed E-state index contributed by atoms with van der Waals surface area (Å²) in [6.45, 7) is 9.74. The van der Waals surface area contributed by atoms with E-state index in [0.717, 1.165) is 26.1 Å². The third-order valence-electron chi connectivity index (χ3n) is 6.50. The molecule has 0 aromatic heterocycles. The van der Waals surface area contributed by atoms with Crippen LogP contribution in [0.4, 0.5) is 0 Å². The number of unbranched alkanes of at least 4 members (excludes halogenated alkanes) is 18. The molecule has 0 radical (unpaired) electrons. The van der Waals surface area contributed by atoms with Gasteiger partial charge in [-0.15, -0.1) is 0 Å². The van der Waals surface area contributed by atoms with Gasteiger partial charge in [0.05, 0.1) is 52.9 Å². The molecule has 0 unspecified atom stereocenters. The minimum absolute atomic E-state index is 0. The minimum Gasteiger partial charge on any atom is -0.822 e. The molecule has 2 N–H and O–H groups in total. The number of ether oxygens (including phenoxy) is 4. The minimum atomic E-state index is -5.39. The summed E-state index contributed by atoms with van der Waals surface area (Å²) in [6.07, 6.45) is 27.1. The molecule has 0 heterocycles. The molecule has 46 heavy (non-hydrogen) atoms. The van der Waals surface area contributed by atoms with E-state index in [1.165, 1.54) is 116 Å². The third-order valence-corrected chi connectivity index (χ3v) is 6.50. The summed E-state index contributed by atoms with van der Waals surface area (Å²) in [5.41, 5.74) is 0. The van der Waals surface area contributed by atoms with Crippen molar-refractivity contribution in [2.75, 3.05) is 66.1 Å². The third kappa shape index (κ3) is 81.1. The van der Waals surface area contributed by atoms with Crippen molar-refractivity contribution in [1.29, 1.82) is 0 Å². The average Bonchev–Trinajstić information content (AvgIpc) is 2.97. The predicted octanol–water partition coefficient (Wildman–Crippen LogP) is -3.95. The fraction of sp³-hybridized carbons (Fsp3) is 1.00. The standard InChI is InChI=1S/2C16H34O3.3Na.H3O4P/c2*1-2-3-4-5-6-7-8-9-10-11-13-18-15-16-19-14-12-17;;;;1-5(2,3)4/h2*17H,2-16H2,1H3;;;;(H3,1,2,3,4)/q;;3*+1;/p-3. The Morgan fingerprint density at radius 3 is 0.804 bits per heavy atom. The van der Waals surface area contributed by atoms with Gasteiger partial charge in [-0.1, -0.05) is 129 Å². The van der Waals surface area contributed by atoms with E-state index in [4.69, 9.17) is 48.4 Å². The van der Waals surface area contributed by atoms with Gasteiger partial charge >= 0.3 is 88.7 Å². The quantitative estimate of drug-likeness (QED) is 0.0400. The second-order valence-corrected chi connectivity index (χ2v) is 11.6. The molecule has 0 spiro atoms. The molecular formula is C32H68Na3O10P. The van der Waals surface area contributed by atoms with Crippen LogP contribution in [-0.4, -0.2) is 76.3 Å². The average molecular weight is 713 g/mol. The van der Waals surface area contributed by atoms with Crippen LogP contribution in [0.2, 0.25) is 0 Å². The van der Waals surface area contributed by atoms with Crippen molar-refractivity contribution in [1.82, 2.24) is 0 Å². The first-order chi connectivity index (χ1) is 20.8. The maximum atomic E-state index is 8.55. The van der Waals surface area contributed by atoms with Crippen molar-refractivity contribution < 1.29 is 137 Å². The van der Waals surface area contributed by atoms with E-state index in [1.54, 1.807) is 0 Å². The molecule has 0 saturated heterocycles. The number of hydrogen-bond donors (Lipinski definition) is 2. The Morgan fingerprint density at radius 2 is 0.587 bits per heavy atom. The van der Waals surface area contributed by atoms with Crippen molar-refractivity contribution in [3.05, 3.63) is 0 Å². The molecule has 10 nitrogen and oxygen atoms in total. The fourth-order valence-corrected chi connectivity index (χ4v) is 4.16. The van der Waals surface area contributed by atoms with E-state index >= 15 is 0 Å². The van der Waals surface area contributed by atoms with Gasteiger partial charge in [-0.3, -0.25) is 0 Å². The van der Waals surface area contributed by atoms with Crippen molar-refractivity contribution in [3.8, 4) is 0 Å². The number of phosphoric acid groups is 1. The summed E-state index contributed by atoms with van der Waals surface area (Å²) in [4.78, 5) is 25.6. The Balaban J connectivity index is -0.000000143. The summed E-state index contributed by atoms with van der Waals surface area (Å²) in [6, 6.07) is 0. The largest absolute Gasteiger partial charge is 1.00 e. The number of aliphatic hydroxyl groups excluding tert-OH is 2. The van der Waals surface area contributed by atoms with E-state index in [-0.39, 0.29) is 102 Å². The van der Waals surface area contributed by atoms with Crippen molar-refractivity contribution >= 4 is 7.82 Å². The maximum absolute atomic E-state index is 8.55. The Labute approximate surface area is 349 Å². The van der Waals surface area contributed by atoms with Crippen molar-refractivity contribution in [2.45, 2.75) is 142 Å². The molecule has 264 valence electrons. The van der Waals surface area contributed by atoms with Gasteiger partial charge in [0.15, 0.2) is 0 Å². The molecular weight excluding hydrogens is 644 g/mol. The summed E-state index contributed by atoms with van der Waals surface area (Å²) in [5, 5.41) is 17.0. The van der Waals surface area contributed by atoms with Crippen LogP contribution >= 0.6 is 7.82 Å². The summed E-state index contributed by atoms with van der Waals surface area (Å²) >= 11 is 0. The van der Waals surface area contributed by atoms with Crippen LogP contribution in [0.15, 0.2) is 0 Å². The molecule has 0 atom stereocenters. The van der Waals surface area contributed by atoms with Gasteiger partial charge in [-0.2, -0.15) is 7.82 Å². The van der Waals surface area contributed by atoms with Gasteiger partial charge in [0.2, 0.25) is 0 Å². The zero-order chi connectivity index (χ0) is 32.5. The Hall–Kier alpha value is 2.87. The Kier molecular flexibility index (Phi) is 75.8. The van der Waals surface area contributed by atoms with Crippen LogP contribution in [0.1, 0.15) is 142 Å². The van der Waals surface area contributed by atoms with Crippen molar-refractivity contribution in [2.24, 2.45) is 0 Å². The van der Waals surface area contributed by atoms with Crippen molar-refractivity contribution in [3.63, 3.8) is 0 Å². The molecule has 0 rings (SSSR count). The summed E-state index contributed by atoms with van der Waals surface area (Å²) in [5.74, 6) is 0. The van der Waals surface area contributed by atoms with E-state index in [0.29, 0.717) is 39.6 Å². The van der Waals surface area contributed by atoms with E-state index in [1.807, 2.05) is 0 Å². The Morgan fingerprint density at radius 1 is 0.391 bits per heavy atom. The van der Waals surface area contributed by atoms with Gasteiger partial charge in [0.1, 0.15) is 0 Å². The normalized spacial score (nSPS) is 10.4. The van der Waals surface area contributed by atoms with Gasteiger partial charge < -0.3 is 48.4 Å². The monoisotopic (exact) mass is 712 g/mol. The molecule has 0 aromatic carbocycles. The van der Waals surface area contributed by atoms with Crippen LogP contribution in [0.5, 0.6) is 0 Å². The van der Waals surface area contributed by atoms with E-state index in [2.05, 4.69) is 13.8 Å². The van der Waals surface area contributed by atoms with Gasteiger partial charge in [-0.05, 0) is 12.8 Å². The second-order valence-electron chi connectivity index (χ2n) is 10.7. The zero-order valence-electron chi connectivity index (χ0n) is 30.8. The number of rotatable bonds is 32. The van der Waals surface area contributed by atoms with Gasteiger partial charge in [0.25, 0.3) is 0 Å². The van der Waals surface area contributed by atoms with Crippen LogP contribution in [0, 0.1) is 0 Å². The van der Waals surface area contributed by atoms with Crippen LogP contribution in [0.3, 0.4) is 0 Å². The van der Waals surface area contributed by atoms with E-state index < -0.39 is 7.82 Å². The number of aliphatic hydroxyl groups is 2. The molecule has 0 aliphatic rings. The van der Waals surface area contributed by atoms with Gasteiger partial charge in [0, 0.05) is 13.2 Å². The first kappa shape index (κ1) is 60.9.